The Kier molecular flexibility index (Phi) is 3.59. The van der Waals surface area contributed by atoms with Crippen molar-refractivity contribution in [3.05, 3.63) is 57.0 Å². The number of halogens is 1. The first-order chi connectivity index (χ1) is 9.24. The van der Waals surface area contributed by atoms with E-state index in [2.05, 4.69) is 25.9 Å². The summed E-state index contributed by atoms with van der Waals surface area (Å²) in [5, 5.41) is 12.3. The van der Waals surface area contributed by atoms with Crippen LogP contribution in [0.3, 0.4) is 0 Å². The van der Waals surface area contributed by atoms with E-state index in [1.165, 1.54) is 0 Å². The van der Waals surface area contributed by atoms with Gasteiger partial charge in [-0.25, -0.2) is 0 Å². The first kappa shape index (κ1) is 12.7. The summed E-state index contributed by atoms with van der Waals surface area (Å²) in [6, 6.07) is 7.70. The third-order valence-electron chi connectivity index (χ3n) is 2.95. The molecule has 0 fully saturated rings. The highest BCUT2D eigenvalue weighted by Crippen LogP contribution is 2.28. The fraction of sp³-hybridized carbons (Fsp3) is 0.143. The quantitative estimate of drug-likeness (QED) is 0.793. The highest BCUT2D eigenvalue weighted by atomic mass is 79.9. The molecule has 2 aromatic heterocycles. The van der Waals surface area contributed by atoms with E-state index in [1.54, 1.807) is 23.7 Å². The number of rotatable bonds is 3. The maximum Gasteiger partial charge on any atom is 0.0890 e. The van der Waals surface area contributed by atoms with Gasteiger partial charge in [-0.05, 0) is 45.1 Å². The van der Waals surface area contributed by atoms with Crippen LogP contribution in [0.25, 0.3) is 11.0 Å². The van der Waals surface area contributed by atoms with Crippen molar-refractivity contribution in [3.63, 3.8) is 0 Å². The van der Waals surface area contributed by atoms with Gasteiger partial charge in [-0.1, -0.05) is 6.07 Å². The Balaban J connectivity index is 1.89. The van der Waals surface area contributed by atoms with Crippen LogP contribution in [0.4, 0.5) is 0 Å². The zero-order valence-electron chi connectivity index (χ0n) is 9.95. The molecule has 1 N–H and O–H groups in total. The largest absolute Gasteiger partial charge is 0.388 e. The van der Waals surface area contributed by atoms with E-state index in [4.69, 9.17) is 0 Å². The summed E-state index contributed by atoms with van der Waals surface area (Å²) in [6.07, 6.45) is 3.40. The predicted molar refractivity (Wildman–Crippen MR) is 80.2 cm³/mol. The van der Waals surface area contributed by atoms with Gasteiger partial charge in [-0.2, -0.15) is 0 Å². The molecule has 0 radical (unpaired) electrons. The summed E-state index contributed by atoms with van der Waals surface area (Å²) in [7, 11) is 0. The first-order valence-corrected chi connectivity index (χ1v) is 7.52. The number of thiophene rings is 1. The lowest BCUT2D eigenvalue weighted by atomic mass is 10.1. The van der Waals surface area contributed by atoms with E-state index >= 15 is 0 Å². The number of hydrogen-bond donors (Lipinski definition) is 1. The fourth-order valence-electron chi connectivity index (χ4n) is 1.95. The van der Waals surface area contributed by atoms with E-state index in [0.717, 1.165) is 25.9 Å². The van der Waals surface area contributed by atoms with Gasteiger partial charge in [0.25, 0.3) is 0 Å². The van der Waals surface area contributed by atoms with Crippen molar-refractivity contribution in [2.24, 2.45) is 0 Å². The number of aliphatic hydroxyl groups is 1. The summed E-state index contributed by atoms with van der Waals surface area (Å²) in [5.74, 6) is 0. The Labute approximate surface area is 123 Å². The van der Waals surface area contributed by atoms with Gasteiger partial charge in [0.1, 0.15) is 0 Å². The number of benzene rings is 1. The van der Waals surface area contributed by atoms with E-state index in [-0.39, 0.29) is 0 Å². The third kappa shape index (κ3) is 2.68. The molecule has 0 saturated carbocycles. The van der Waals surface area contributed by atoms with Gasteiger partial charge in [0.2, 0.25) is 0 Å². The van der Waals surface area contributed by atoms with Crippen molar-refractivity contribution < 1.29 is 5.11 Å². The Morgan fingerprint density at radius 3 is 2.68 bits per heavy atom. The average Bonchev–Trinajstić information content (AvgIpc) is 2.84. The maximum absolute atomic E-state index is 10.3. The Morgan fingerprint density at radius 2 is 1.95 bits per heavy atom. The molecule has 1 unspecified atom stereocenters. The highest BCUT2D eigenvalue weighted by molar-refractivity contribution is 9.10. The van der Waals surface area contributed by atoms with Crippen LogP contribution in [0.2, 0.25) is 0 Å². The van der Waals surface area contributed by atoms with Crippen molar-refractivity contribution in [2.75, 3.05) is 0 Å². The second-order valence-corrected chi connectivity index (χ2v) is 6.07. The number of aliphatic hydroxyl groups excluding tert-OH is 1. The minimum atomic E-state index is -0.527. The zero-order valence-corrected chi connectivity index (χ0v) is 12.4. The fourth-order valence-corrected chi connectivity index (χ4v) is 3.50. The molecule has 3 rings (SSSR count). The van der Waals surface area contributed by atoms with Gasteiger partial charge >= 0.3 is 0 Å². The van der Waals surface area contributed by atoms with Crippen molar-refractivity contribution in [2.45, 2.75) is 12.5 Å². The van der Waals surface area contributed by atoms with E-state index in [0.29, 0.717) is 6.42 Å². The van der Waals surface area contributed by atoms with Crippen LogP contribution < -0.4 is 0 Å². The molecule has 0 aliphatic carbocycles. The minimum absolute atomic E-state index is 0.527. The molecule has 96 valence electrons. The minimum Gasteiger partial charge on any atom is -0.388 e. The molecule has 0 saturated heterocycles. The normalized spacial score (nSPS) is 12.7. The summed E-state index contributed by atoms with van der Waals surface area (Å²) in [5.41, 5.74) is 2.52. The van der Waals surface area contributed by atoms with Gasteiger partial charge in [0.15, 0.2) is 0 Å². The van der Waals surface area contributed by atoms with E-state index in [1.807, 2.05) is 29.6 Å². The van der Waals surface area contributed by atoms with Crippen molar-refractivity contribution in [3.8, 4) is 0 Å². The molecular weight excluding hydrogens is 324 g/mol. The van der Waals surface area contributed by atoms with Crippen LogP contribution >= 0.6 is 27.3 Å². The molecule has 5 heteroatoms. The number of aromatic nitrogens is 2. The van der Waals surface area contributed by atoms with Crippen LogP contribution in [0.1, 0.15) is 16.5 Å². The summed E-state index contributed by atoms with van der Waals surface area (Å²) in [4.78, 5) is 9.63. The summed E-state index contributed by atoms with van der Waals surface area (Å²) < 4.78 is 1.05. The number of hydrogen-bond acceptors (Lipinski definition) is 4. The van der Waals surface area contributed by atoms with Gasteiger partial charge in [0, 0.05) is 28.2 Å². The number of nitrogens with zero attached hydrogens (tertiary/aromatic N) is 2. The molecule has 0 spiro atoms. The third-order valence-corrected chi connectivity index (χ3v) is 4.90. The second-order valence-electron chi connectivity index (χ2n) is 4.22. The molecule has 3 aromatic rings. The standard InChI is InChI=1S/C14H11BrN2OS/c15-10-3-6-19-14(10)8-13(18)9-1-2-11-12(7-9)17-5-4-16-11/h1-7,13,18H,8H2. The van der Waals surface area contributed by atoms with E-state index in [9.17, 15) is 5.11 Å². The summed E-state index contributed by atoms with van der Waals surface area (Å²) in [6.45, 7) is 0. The monoisotopic (exact) mass is 334 g/mol. The van der Waals surface area contributed by atoms with Gasteiger partial charge in [-0.15, -0.1) is 11.3 Å². The molecular formula is C14H11BrN2OS. The average molecular weight is 335 g/mol. The molecule has 0 aliphatic rings. The molecule has 3 nitrogen and oxygen atoms in total. The molecule has 1 aromatic carbocycles. The van der Waals surface area contributed by atoms with Crippen LogP contribution in [-0.2, 0) is 6.42 Å². The second kappa shape index (κ2) is 5.36. The Bertz CT molecular complexity index is 713. The summed E-state index contributed by atoms with van der Waals surface area (Å²) >= 11 is 5.13. The van der Waals surface area contributed by atoms with Crippen LogP contribution in [-0.4, -0.2) is 15.1 Å². The van der Waals surface area contributed by atoms with Crippen LogP contribution in [0.15, 0.2) is 46.5 Å². The molecule has 1 atom stereocenters. The lowest BCUT2D eigenvalue weighted by Gasteiger charge is -2.10. The highest BCUT2D eigenvalue weighted by Gasteiger charge is 2.12. The van der Waals surface area contributed by atoms with Crippen LogP contribution in [0, 0.1) is 0 Å². The molecule has 0 aliphatic heterocycles. The zero-order chi connectivity index (χ0) is 13.2. The van der Waals surface area contributed by atoms with E-state index < -0.39 is 6.10 Å². The first-order valence-electron chi connectivity index (χ1n) is 5.84. The SMILES string of the molecule is OC(Cc1sccc1Br)c1ccc2nccnc2c1. The van der Waals surface area contributed by atoms with Crippen LogP contribution in [0.5, 0.6) is 0 Å². The molecule has 2 heterocycles. The predicted octanol–water partition coefficient (Wildman–Crippen LogP) is 3.73. The van der Waals surface area contributed by atoms with Gasteiger partial charge in [0.05, 0.1) is 17.1 Å². The van der Waals surface area contributed by atoms with Gasteiger partial charge < -0.3 is 5.11 Å². The number of fused-ring (bicyclic) bond motifs is 1. The lowest BCUT2D eigenvalue weighted by Crippen LogP contribution is -2.01. The Morgan fingerprint density at radius 1 is 1.16 bits per heavy atom. The molecule has 0 amide bonds. The van der Waals surface area contributed by atoms with Gasteiger partial charge in [-0.3, -0.25) is 9.97 Å². The maximum atomic E-state index is 10.3. The molecule has 0 bridgehead atoms. The topological polar surface area (TPSA) is 46.0 Å². The lowest BCUT2D eigenvalue weighted by molar-refractivity contribution is 0.179. The molecule has 19 heavy (non-hydrogen) atoms. The smallest absolute Gasteiger partial charge is 0.0890 e. The Hall–Kier alpha value is -1.30. The van der Waals surface area contributed by atoms with Crippen molar-refractivity contribution in [1.29, 1.82) is 0 Å². The van der Waals surface area contributed by atoms with Crippen molar-refractivity contribution in [1.82, 2.24) is 9.97 Å². The van der Waals surface area contributed by atoms with Crippen molar-refractivity contribution >= 4 is 38.3 Å².